The third-order valence-corrected chi connectivity index (χ3v) is 7.93. The smallest absolute Gasteiger partial charge is 0.251 e. The first kappa shape index (κ1) is 20.4. The van der Waals surface area contributed by atoms with E-state index < -0.39 is 0 Å². The molecule has 1 aromatic heterocycles. The highest BCUT2D eigenvalue weighted by molar-refractivity contribution is 7.71. The van der Waals surface area contributed by atoms with Gasteiger partial charge in [0.15, 0.2) is 10.6 Å². The Labute approximate surface area is 187 Å². The number of nitrogens with one attached hydrogen (secondary N) is 3. The summed E-state index contributed by atoms with van der Waals surface area (Å²) in [6.45, 7) is 0.804. The lowest BCUT2D eigenvalue weighted by Gasteiger charge is -2.55. The Morgan fingerprint density at radius 2 is 1.68 bits per heavy atom. The van der Waals surface area contributed by atoms with E-state index in [0.29, 0.717) is 29.2 Å². The van der Waals surface area contributed by atoms with E-state index in [1.54, 1.807) is 23.7 Å². The van der Waals surface area contributed by atoms with Crippen molar-refractivity contribution in [2.75, 3.05) is 0 Å². The topological polar surface area (TPSA) is 91.8 Å². The van der Waals surface area contributed by atoms with Gasteiger partial charge in [0.05, 0.1) is 6.54 Å². The molecule has 0 spiro atoms. The molecule has 0 radical (unpaired) electrons. The molecule has 7 nitrogen and oxygen atoms in total. The van der Waals surface area contributed by atoms with Crippen LogP contribution in [0.2, 0.25) is 0 Å². The number of H-pyrrole nitrogens is 1. The fourth-order valence-electron chi connectivity index (χ4n) is 6.33. The van der Waals surface area contributed by atoms with Crippen LogP contribution in [0.3, 0.4) is 0 Å². The highest BCUT2D eigenvalue weighted by Gasteiger charge is 2.54. The van der Waals surface area contributed by atoms with Crippen LogP contribution in [0.1, 0.15) is 60.3 Å². The molecule has 164 valence electrons. The minimum atomic E-state index is -0.168. The molecule has 1 aromatic carbocycles. The largest absolute Gasteiger partial charge is 0.352 e. The van der Waals surface area contributed by atoms with Crippen molar-refractivity contribution >= 4 is 24.0 Å². The molecule has 0 saturated heterocycles. The number of amides is 2. The molecular formula is C23H29N5O2S. The second-order valence-electron chi connectivity index (χ2n) is 9.76. The molecule has 4 aliphatic carbocycles. The summed E-state index contributed by atoms with van der Waals surface area (Å²) < 4.78 is 2.25. The zero-order chi connectivity index (χ0) is 21.6. The van der Waals surface area contributed by atoms with Crippen LogP contribution in [0.4, 0.5) is 0 Å². The van der Waals surface area contributed by atoms with Gasteiger partial charge in [0.1, 0.15) is 0 Å². The minimum absolute atomic E-state index is 0.123. The lowest BCUT2D eigenvalue weighted by Crippen LogP contribution is -2.53. The predicted octanol–water partition coefficient (Wildman–Crippen LogP) is 3.24. The molecule has 4 saturated carbocycles. The van der Waals surface area contributed by atoms with E-state index >= 15 is 0 Å². The minimum Gasteiger partial charge on any atom is -0.352 e. The summed E-state index contributed by atoms with van der Waals surface area (Å²) in [6.07, 6.45) is 7.23. The summed E-state index contributed by atoms with van der Waals surface area (Å²) in [5, 5.41) is 12.8. The Bertz CT molecular complexity index is 1020. The number of aromatic nitrogens is 3. The Balaban J connectivity index is 1.15. The van der Waals surface area contributed by atoms with Gasteiger partial charge in [-0.2, -0.15) is 5.10 Å². The van der Waals surface area contributed by atoms with E-state index in [1.807, 2.05) is 12.1 Å². The SMILES string of the molecule is Cn1c(CNC(=O)c2ccc(CNC(=O)C34CC5CC(CC(C5)C3)C4)cc2)n[nH]c1=S. The third-order valence-electron chi connectivity index (χ3n) is 7.57. The van der Waals surface area contributed by atoms with Crippen molar-refractivity contribution in [3.63, 3.8) is 0 Å². The molecule has 4 bridgehead atoms. The van der Waals surface area contributed by atoms with Crippen molar-refractivity contribution in [1.82, 2.24) is 25.4 Å². The fourth-order valence-corrected chi connectivity index (χ4v) is 6.48. The summed E-state index contributed by atoms with van der Waals surface area (Å²) in [6, 6.07) is 7.41. The molecule has 0 unspecified atom stereocenters. The average molecular weight is 440 g/mol. The molecule has 0 aliphatic heterocycles. The molecule has 0 atom stereocenters. The number of hydrogen-bond donors (Lipinski definition) is 3. The maximum absolute atomic E-state index is 13.1. The highest BCUT2D eigenvalue weighted by atomic mass is 32.1. The van der Waals surface area contributed by atoms with Gasteiger partial charge in [-0.05, 0) is 86.2 Å². The fraction of sp³-hybridized carbons (Fsp3) is 0.565. The molecule has 1 heterocycles. The van der Waals surface area contributed by atoms with Crippen LogP contribution in [-0.4, -0.2) is 26.6 Å². The second kappa shape index (κ2) is 7.89. The first-order valence-corrected chi connectivity index (χ1v) is 11.6. The first-order chi connectivity index (χ1) is 14.9. The predicted molar refractivity (Wildman–Crippen MR) is 118 cm³/mol. The van der Waals surface area contributed by atoms with Gasteiger partial charge < -0.3 is 15.2 Å². The number of hydrogen-bond acceptors (Lipinski definition) is 4. The summed E-state index contributed by atoms with van der Waals surface area (Å²) in [5.41, 5.74) is 1.46. The number of benzene rings is 1. The number of rotatable bonds is 6. The molecule has 2 amide bonds. The standard InChI is InChI=1S/C23H29N5O2S/c1-28-19(26-27-22(28)31)13-24-20(29)18-4-2-14(3-5-18)12-25-21(30)23-9-15-6-16(10-23)8-17(7-15)11-23/h2-5,15-17H,6-13H2,1H3,(H,24,29)(H,25,30)(H,27,31). The molecule has 4 aliphatic rings. The molecule has 4 fully saturated rings. The van der Waals surface area contributed by atoms with Crippen molar-refractivity contribution in [1.29, 1.82) is 0 Å². The van der Waals surface area contributed by atoms with Gasteiger partial charge in [-0.3, -0.25) is 14.7 Å². The quantitative estimate of drug-likeness (QED) is 0.603. The van der Waals surface area contributed by atoms with E-state index in [0.717, 1.165) is 42.6 Å². The molecule has 31 heavy (non-hydrogen) atoms. The summed E-state index contributed by atoms with van der Waals surface area (Å²) >= 11 is 5.08. The van der Waals surface area contributed by atoms with Crippen LogP contribution in [0.5, 0.6) is 0 Å². The van der Waals surface area contributed by atoms with Crippen LogP contribution in [0, 0.1) is 27.9 Å². The normalized spacial score (nSPS) is 28.5. The zero-order valence-electron chi connectivity index (χ0n) is 17.8. The summed E-state index contributed by atoms with van der Waals surface area (Å²) in [4.78, 5) is 25.5. The van der Waals surface area contributed by atoms with E-state index in [9.17, 15) is 9.59 Å². The van der Waals surface area contributed by atoms with Crippen molar-refractivity contribution < 1.29 is 9.59 Å². The van der Waals surface area contributed by atoms with Crippen molar-refractivity contribution in [2.24, 2.45) is 30.2 Å². The van der Waals surface area contributed by atoms with E-state index in [1.165, 1.54) is 19.3 Å². The van der Waals surface area contributed by atoms with Gasteiger partial charge in [0, 0.05) is 24.6 Å². The number of nitrogens with zero attached hydrogens (tertiary/aromatic N) is 2. The molecule has 3 N–H and O–H groups in total. The van der Waals surface area contributed by atoms with Gasteiger partial charge in [-0.15, -0.1) is 0 Å². The van der Waals surface area contributed by atoms with Gasteiger partial charge >= 0.3 is 0 Å². The lowest BCUT2D eigenvalue weighted by atomic mass is 9.49. The third kappa shape index (κ3) is 3.93. The number of aromatic amines is 1. The van der Waals surface area contributed by atoms with Crippen LogP contribution in [-0.2, 0) is 24.9 Å². The average Bonchev–Trinajstić information content (AvgIpc) is 3.07. The van der Waals surface area contributed by atoms with E-state index in [4.69, 9.17) is 12.2 Å². The van der Waals surface area contributed by atoms with Gasteiger partial charge in [0.25, 0.3) is 5.91 Å². The van der Waals surface area contributed by atoms with E-state index in [2.05, 4.69) is 20.8 Å². The summed E-state index contributed by atoms with van der Waals surface area (Å²) in [5.74, 6) is 3.02. The van der Waals surface area contributed by atoms with Gasteiger partial charge in [-0.25, -0.2) is 0 Å². The van der Waals surface area contributed by atoms with Crippen LogP contribution >= 0.6 is 12.2 Å². The highest BCUT2D eigenvalue weighted by Crippen LogP contribution is 2.60. The van der Waals surface area contributed by atoms with Crippen LogP contribution in [0.25, 0.3) is 0 Å². The molecule has 8 heteroatoms. The number of carbonyl (C=O) groups is 2. The summed E-state index contributed by atoms with van der Waals surface area (Å²) in [7, 11) is 1.81. The molecule has 6 rings (SSSR count). The van der Waals surface area contributed by atoms with Crippen molar-refractivity contribution in [3.05, 3.63) is 46.0 Å². The van der Waals surface area contributed by atoms with Gasteiger partial charge in [0.2, 0.25) is 5.91 Å². The monoisotopic (exact) mass is 439 g/mol. The van der Waals surface area contributed by atoms with Crippen LogP contribution < -0.4 is 10.6 Å². The van der Waals surface area contributed by atoms with E-state index in [-0.39, 0.29) is 17.2 Å². The lowest BCUT2D eigenvalue weighted by molar-refractivity contribution is -0.146. The Hall–Kier alpha value is -2.48. The first-order valence-electron chi connectivity index (χ1n) is 11.2. The maximum Gasteiger partial charge on any atom is 0.251 e. The maximum atomic E-state index is 13.1. The number of carbonyl (C=O) groups excluding carboxylic acids is 2. The Morgan fingerprint density at radius 3 is 2.23 bits per heavy atom. The van der Waals surface area contributed by atoms with Crippen molar-refractivity contribution in [2.45, 2.75) is 51.6 Å². The molecular weight excluding hydrogens is 410 g/mol. The Kier molecular flexibility index (Phi) is 5.20. The van der Waals surface area contributed by atoms with Gasteiger partial charge in [-0.1, -0.05) is 12.1 Å². The van der Waals surface area contributed by atoms with Crippen molar-refractivity contribution in [3.8, 4) is 0 Å². The second-order valence-corrected chi connectivity index (χ2v) is 10.2. The van der Waals surface area contributed by atoms with Crippen LogP contribution in [0.15, 0.2) is 24.3 Å². The Morgan fingerprint density at radius 1 is 1.06 bits per heavy atom. The molecule has 2 aromatic rings. The zero-order valence-corrected chi connectivity index (χ0v) is 18.6.